The van der Waals surface area contributed by atoms with Crippen LogP contribution >= 0.6 is 0 Å². The Morgan fingerprint density at radius 2 is 1.80 bits per heavy atom. The van der Waals surface area contributed by atoms with Gasteiger partial charge in [-0.1, -0.05) is 13.8 Å². The molecule has 1 aliphatic rings. The monoisotopic (exact) mass is 385 g/mol. The zero-order chi connectivity index (χ0) is 19.8. The molecule has 0 aromatic heterocycles. The summed E-state index contributed by atoms with van der Waals surface area (Å²) in [5.41, 5.74) is -0.817. The van der Waals surface area contributed by atoms with Crippen LogP contribution in [0.2, 0.25) is 19.6 Å². The van der Waals surface area contributed by atoms with Crippen molar-refractivity contribution >= 4 is 14.4 Å². The molecule has 1 heterocycles. The molecule has 9 heteroatoms. The van der Waals surface area contributed by atoms with Crippen molar-refractivity contribution in [3.05, 3.63) is 0 Å². The number of carbonyl (C=O) groups is 1. The number of carbonyl (C=O) groups excluding carboxylic acids is 1. The van der Waals surface area contributed by atoms with Gasteiger partial charge in [-0.25, -0.2) is 4.79 Å². The fraction of sp³-hybridized carbons (Fsp3) is 0.938. The van der Waals surface area contributed by atoms with E-state index in [1.54, 1.807) is 54.3 Å². The van der Waals surface area contributed by atoms with Crippen LogP contribution in [0.5, 0.6) is 0 Å². The number of halogens is 3. The first-order valence-electron chi connectivity index (χ1n) is 8.39. The van der Waals surface area contributed by atoms with Gasteiger partial charge in [-0.15, -0.1) is 0 Å². The summed E-state index contributed by atoms with van der Waals surface area (Å²) < 4.78 is 58.0. The van der Waals surface area contributed by atoms with Gasteiger partial charge in [0.2, 0.25) is 0 Å². The first-order valence-corrected chi connectivity index (χ1v) is 11.8. The van der Waals surface area contributed by atoms with Gasteiger partial charge in [0.1, 0.15) is 18.4 Å². The van der Waals surface area contributed by atoms with Crippen LogP contribution in [0, 0.1) is 5.92 Å². The van der Waals surface area contributed by atoms with Crippen LogP contribution in [-0.4, -0.2) is 49.6 Å². The maximum Gasteiger partial charge on any atom is 0.444 e. The average molecular weight is 385 g/mol. The van der Waals surface area contributed by atoms with Gasteiger partial charge in [0.15, 0.2) is 8.32 Å². The van der Waals surface area contributed by atoms with Gasteiger partial charge in [0, 0.05) is 0 Å². The van der Waals surface area contributed by atoms with E-state index < -0.39 is 44.7 Å². The van der Waals surface area contributed by atoms with Crippen LogP contribution in [0.25, 0.3) is 0 Å². The highest BCUT2D eigenvalue weighted by molar-refractivity contribution is 6.69. The van der Waals surface area contributed by atoms with Crippen molar-refractivity contribution in [2.24, 2.45) is 5.92 Å². The Balaban J connectivity index is 3.30. The van der Waals surface area contributed by atoms with E-state index in [0.717, 1.165) is 4.90 Å². The summed E-state index contributed by atoms with van der Waals surface area (Å²) in [7, 11) is -2.63. The van der Waals surface area contributed by atoms with Gasteiger partial charge in [0.05, 0.1) is 0 Å². The maximum atomic E-state index is 14.0. The summed E-state index contributed by atoms with van der Waals surface area (Å²) in [6.45, 7) is 13.0. The van der Waals surface area contributed by atoms with Crippen LogP contribution in [0.15, 0.2) is 0 Å². The predicted octanol–water partition coefficient (Wildman–Crippen LogP) is 4.74. The summed E-state index contributed by atoms with van der Waals surface area (Å²) in [4.78, 5) is 13.4. The first-order chi connectivity index (χ1) is 11.0. The lowest BCUT2D eigenvalue weighted by molar-refractivity contribution is -0.346. The third-order valence-corrected chi connectivity index (χ3v) is 4.32. The summed E-state index contributed by atoms with van der Waals surface area (Å²) in [5.74, 6) is -2.91. The SMILES string of the molecule is CC(C)C[C@@H]1N(C(=O)OC(C)(C)C)CO[C@@]1(O[Si](C)(C)C)C(F)(F)F. The Labute approximate surface area is 148 Å². The highest BCUT2D eigenvalue weighted by Crippen LogP contribution is 2.47. The molecule has 25 heavy (non-hydrogen) atoms. The molecule has 148 valence electrons. The minimum Gasteiger partial charge on any atom is -0.444 e. The second kappa shape index (κ2) is 7.07. The molecular weight excluding hydrogens is 355 g/mol. The largest absolute Gasteiger partial charge is 0.444 e. The summed E-state index contributed by atoms with van der Waals surface area (Å²) in [5, 5.41) is 0. The number of hydrogen-bond acceptors (Lipinski definition) is 4. The molecule has 2 atom stereocenters. The number of nitrogens with zero attached hydrogens (tertiary/aromatic N) is 1. The molecule has 0 saturated carbocycles. The molecule has 1 fully saturated rings. The van der Waals surface area contributed by atoms with Gasteiger partial charge in [-0.3, -0.25) is 4.90 Å². The minimum absolute atomic E-state index is 0.0865. The van der Waals surface area contributed by atoms with E-state index >= 15 is 0 Å². The van der Waals surface area contributed by atoms with Gasteiger partial charge in [0.25, 0.3) is 5.79 Å². The van der Waals surface area contributed by atoms with Crippen molar-refractivity contribution in [1.82, 2.24) is 4.90 Å². The average Bonchev–Trinajstić information content (AvgIpc) is 2.63. The third-order valence-electron chi connectivity index (χ3n) is 3.41. The molecule has 0 bridgehead atoms. The lowest BCUT2D eigenvalue weighted by Crippen LogP contribution is -2.62. The molecule has 0 spiro atoms. The van der Waals surface area contributed by atoms with E-state index in [9.17, 15) is 18.0 Å². The molecule has 1 aliphatic heterocycles. The van der Waals surface area contributed by atoms with Gasteiger partial charge in [-0.05, 0) is 52.8 Å². The highest BCUT2D eigenvalue weighted by atomic mass is 28.4. The number of alkyl halides is 3. The van der Waals surface area contributed by atoms with E-state index in [1.807, 2.05) is 0 Å². The maximum absolute atomic E-state index is 14.0. The molecular formula is C16H30F3NO4Si. The summed E-state index contributed by atoms with van der Waals surface area (Å²) in [6.07, 6.45) is -5.52. The fourth-order valence-electron chi connectivity index (χ4n) is 2.67. The fourth-order valence-corrected chi connectivity index (χ4v) is 3.89. The molecule has 0 aromatic carbocycles. The molecule has 0 aliphatic carbocycles. The van der Waals surface area contributed by atoms with Gasteiger partial charge >= 0.3 is 12.3 Å². The van der Waals surface area contributed by atoms with Crippen molar-refractivity contribution < 1.29 is 31.9 Å². The summed E-state index contributed by atoms with van der Waals surface area (Å²) >= 11 is 0. The van der Waals surface area contributed by atoms with Crippen LogP contribution < -0.4 is 0 Å². The van der Waals surface area contributed by atoms with E-state index in [1.165, 1.54) is 0 Å². The molecule has 0 aromatic rings. The normalized spacial score (nSPS) is 25.6. The Morgan fingerprint density at radius 1 is 1.28 bits per heavy atom. The molecule has 1 rings (SSSR count). The minimum atomic E-state index is -4.77. The summed E-state index contributed by atoms with van der Waals surface area (Å²) in [6, 6.07) is -1.30. The van der Waals surface area contributed by atoms with Crippen molar-refractivity contribution in [3.63, 3.8) is 0 Å². The highest BCUT2D eigenvalue weighted by Gasteiger charge is 2.69. The molecule has 1 saturated heterocycles. The van der Waals surface area contributed by atoms with E-state index in [0.29, 0.717) is 0 Å². The number of hydrogen-bond donors (Lipinski definition) is 0. The number of amides is 1. The zero-order valence-corrected chi connectivity index (χ0v) is 17.3. The predicted molar refractivity (Wildman–Crippen MR) is 90.5 cm³/mol. The van der Waals surface area contributed by atoms with Crippen LogP contribution in [0.3, 0.4) is 0 Å². The van der Waals surface area contributed by atoms with E-state index in [4.69, 9.17) is 13.9 Å². The van der Waals surface area contributed by atoms with Gasteiger partial charge in [-0.2, -0.15) is 13.2 Å². The molecule has 0 N–H and O–H groups in total. The molecule has 5 nitrogen and oxygen atoms in total. The first kappa shape index (κ1) is 22.2. The van der Waals surface area contributed by atoms with Crippen molar-refractivity contribution in [2.45, 2.75) is 84.3 Å². The zero-order valence-electron chi connectivity index (χ0n) is 16.3. The lowest BCUT2D eigenvalue weighted by atomic mass is 9.96. The van der Waals surface area contributed by atoms with Crippen LogP contribution in [-0.2, 0) is 13.9 Å². The van der Waals surface area contributed by atoms with E-state index in [2.05, 4.69) is 0 Å². The second-order valence-corrected chi connectivity index (χ2v) is 13.2. The second-order valence-electron chi connectivity index (χ2n) is 8.75. The smallest absolute Gasteiger partial charge is 0.444 e. The molecule has 0 unspecified atom stereocenters. The number of ether oxygens (including phenoxy) is 2. The van der Waals surface area contributed by atoms with Crippen molar-refractivity contribution in [3.8, 4) is 0 Å². The molecule has 1 amide bonds. The Kier molecular flexibility index (Phi) is 6.29. The van der Waals surface area contributed by atoms with Crippen LogP contribution in [0.4, 0.5) is 18.0 Å². The third kappa shape index (κ3) is 5.59. The lowest BCUT2D eigenvalue weighted by Gasteiger charge is -2.41. The van der Waals surface area contributed by atoms with Gasteiger partial charge < -0.3 is 13.9 Å². The Bertz CT molecular complexity index is 485. The topological polar surface area (TPSA) is 48.0 Å². The number of rotatable bonds is 4. The Morgan fingerprint density at radius 3 is 2.16 bits per heavy atom. The quantitative estimate of drug-likeness (QED) is 0.656. The Hall–Kier alpha value is -0.803. The molecule has 0 radical (unpaired) electrons. The van der Waals surface area contributed by atoms with Crippen LogP contribution in [0.1, 0.15) is 41.0 Å². The standard InChI is InChI=1S/C16H30F3NO4Si/c1-11(2)9-12-15(16(17,18)19,24-25(6,7)8)22-10-20(12)13(21)23-14(3,4)5/h11-12H,9-10H2,1-8H3/t12-,15-/m0/s1. The van der Waals surface area contributed by atoms with Crippen molar-refractivity contribution in [1.29, 1.82) is 0 Å². The van der Waals surface area contributed by atoms with E-state index in [-0.39, 0.29) is 12.3 Å². The van der Waals surface area contributed by atoms with Crippen molar-refractivity contribution in [2.75, 3.05) is 6.73 Å².